The average Bonchev–Trinajstić information content (AvgIpc) is 2.52. The van der Waals surface area contributed by atoms with Gasteiger partial charge in [-0.1, -0.05) is 66.8 Å². The third-order valence-electron chi connectivity index (χ3n) is 3.20. The Kier molecular flexibility index (Phi) is 5.74. The minimum absolute atomic E-state index is 1.22. The third-order valence-corrected chi connectivity index (χ3v) is 3.20. The van der Waals surface area contributed by atoms with Crippen LogP contribution in [0.15, 0.2) is 78.9 Å². The van der Waals surface area contributed by atoms with Gasteiger partial charge in [0.15, 0.2) is 0 Å². The zero-order chi connectivity index (χ0) is 14.9. The van der Waals surface area contributed by atoms with Gasteiger partial charge in [-0.15, -0.1) is 0 Å². The minimum atomic E-state index is 1.22. The van der Waals surface area contributed by atoms with Gasteiger partial charge in [-0.2, -0.15) is 0 Å². The van der Waals surface area contributed by atoms with Gasteiger partial charge < -0.3 is 4.90 Å². The largest absolute Gasteiger partial charge is 0.307 e. The molecule has 0 aliphatic rings. The normalized spacial score (nSPS) is 12.1. The molecule has 2 rings (SSSR count). The van der Waals surface area contributed by atoms with Gasteiger partial charge in [-0.25, -0.2) is 0 Å². The molecule has 0 radical (unpaired) electrons. The van der Waals surface area contributed by atoms with E-state index in [0.717, 1.165) is 0 Å². The Balaban J connectivity index is 1.87. The van der Waals surface area contributed by atoms with E-state index in [0.29, 0.717) is 0 Å². The molecule has 106 valence electrons. The van der Waals surface area contributed by atoms with Crippen molar-refractivity contribution in [1.82, 2.24) is 0 Å². The number of nitrogens with one attached hydrogen (secondary N) is 1. The molecule has 0 saturated heterocycles. The fourth-order valence-corrected chi connectivity index (χ4v) is 1.95. The van der Waals surface area contributed by atoms with Crippen LogP contribution < -0.4 is 4.90 Å². The van der Waals surface area contributed by atoms with Crippen LogP contribution >= 0.6 is 0 Å². The Morgan fingerprint density at radius 2 is 1.14 bits per heavy atom. The Morgan fingerprint density at radius 1 is 0.619 bits per heavy atom. The Hall–Kier alpha value is -2.38. The van der Waals surface area contributed by atoms with E-state index in [1.165, 1.54) is 21.7 Å². The molecule has 0 aliphatic heterocycles. The Bertz CT molecular complexity index is 617. The third kappa shape index (κ3) is 5.25. The van der Waals surface area contributed by atoms with E-state index in [1.807, 2.05) is 30.4 Å². The highest BCUT2D eigenvalue weighted by Gasteiger charge is 1.97. The monoisotopic (exact) mass is 276 g/mol. The fraction of sp³-hybridized carbons (Fsp3) is 0.100. The van der Waals surface area contributed by atoms with Crippen LogP contribution in [0.3, 0.4) is 0 Å². The first-order valence-electron chi connectivity index (χ1n) is 7.23. The molecule has 0 spiro atoms. The molecular formula is C20H22N+. The predicted molar refractivity (Wildman–Crippen MR) is 92.6 cm³/mol. The van der Waals surface area contributed by atoms with Gasteiger partial charge in [0.05, 0.1) is 14.1 Å². The molecule has 2 aromatic carbocycles. The first-order chi connectivity index (χ1) is 10.3. The van der Waals surface area contributed by atoms with Crippen molar-refractivity contribution >= 4 is 17.8 Å². The lowest BCUT2D eigenvalue weighted by molar-refractivity contribution is -0.786. The van der Waals surface area contributed by atoms with Gasteiger partial charge in [0.25, 0.3) is 0 Å². The van der Waals surface area contributed by atoms with Crippen molar-refractivity contribution < 1.29 is 4.90 Å². The SMILES string of the molecule is C[NH+](C)c1ccc(/C=C/C=C/C=C/c2ccccc2)cc1. The molecule has 0 bridgehead atoms. The van der Waals surface area contributed by atoms with Crippen LogP contribution in [-0.2, 0) is 0 Å². The fourth-order valence-electron chi connectivity index (χ4n) is 1.95. The Morgan fingerprint density at radius 3 is 1.67 bits per heavy atom. The summed E-state index contributed by atoms with van der Waals surface area (Å²) in [4.78, 5) is 1.34. The summed E-state index contributed by atoms with van der Waals surface area (Å²) in [7, 11) is 4.26. The second-order valence-corrected chi connectivity index (χ2v) is 5.14. The van der Waals surface area contributed by atoms with E-state index >= 15 is 0 Å². The number of hydrogen-bond donors (Lipinski definition) is 1. The van der Waals surface area contributed by atoms with Crippen molar-refractivity contribution in [2.75, 3.05) is 14.1 Å². The zero-order valence-electron chi connectivity index (χ0n) is 12.7. The van der Waals surface area contributed by atoms with Crippen LogP contribution in [0, 0.1) is 0 Å². The topological polar surface area (TPSA) is 4.44 Å². The molecule has 2 aromatic rings. The number of hydrogen-bond acceptors (Lipinski definition) is 0. The van der Waals surface area contributed by atoms with Gasteiger partial charge in [0.2, 0.25) is 0 Å². The maximum Gasteiger partial charge on any atom is 0.130 e. The average molecular weight is 276 g/mol. The summed E-state index contributed by atoms with van der Waals surface area (Å²) >= 11 is 0. The van der Waals surface area contributed by atoms with Crippen molar-refractivity contribution in [1.29, 1.82) is 0 Å². The highest BCUT2D eigenvalue weighted by Crippen LogP contribution is 2.07. The maximum absolute atomic E-state index is 2.16. The number of rotatable bonds is 5. The van der Waals surface area contributed by atoms with Crippen molar-refractivity contribution in [3.05, 3.63) is 90.0 Å². The van der Waals surface area contributed by atoms with E-state index in [4.69, 9.17) is 0 Å². The van der Waals surface area contributed by atoms with Crippen LogP contribution in [-0.4, -0.2) is 14.1 Å². The van der Waals surface area contributed by atoms with Crippen LogP contribution in [0.1, 0.15) is 11.1 Å². The standard InChI is InChI=1S/C20H21N/c1-21(2)20-16-14-19(15-17-20)13-7-4-3-6-10-18-11-8-5-9-12-18/h3-17H,1-2H3/p+1/b4-3+,10-6+,13-7+. The molecule has 0 aromatic heterocycles. The van der Waals surface area contributed by atoms with Crippen LogP contribution in [0.2, 0.25) is 0 Å². The maximum atomic E-state index is 2.16. The molecule has 0 saturated carbocycles. The van der Waals surface area contributed by atoms with Gasteiger partial charge in [-0.3, -0.25) is 0 Å². The summed E-state index contributed by atoms with van der Waals surface area (Å²) in [5.74, 6) is 0. The second kappa shape index (κ2) is 8.03. The summed E-state index contributed by atoms with van der Waals surface area (Å²) in [6, 6.07) is 18.9. The van der Waals surface area contributed by atoms with E-state index in [9.17, 15) is 0 Å². The van der Waals surface area contributed by atoms with Crippen LogP contribution in [0.4, 0.5) is 5.69 Å². The first kappa shape index (κ1) is 15.0. The molecular weight excluding hydrogens is 254 g/mol. The van der Waals surface area contributed by atoms with Crippen molar-refractivity contribution in [2.45, 2.75) is 0 Å². The molecule has 0 unspecified atom stereocenters. The number of quaternary nitrogens is 1. The van der Waals surface area contributed by atoms with E-state index in [1.54, 1.807) is 0 Å². The molecule has 0 aliphatic carbocycles. The molecule has 1 heteroatoms. The summed E-state index contributed by atoms with van der Waals surface area (Å²) < 4.78 is 0. The predicted octanol–water partition coefficient (Wildman–Crippen LogP) is 3.75. The Labute approximate surface area is 127 Å². The molecule has 1 N–H and O–H groups in total. The van der Waals surface area contributed by atoms with Crippen molar-refractivity contribution in [2.24, 2.45) is 0 Å². The molecule has 0 fully saturated rings. The summed E-state index contributed by atoms with van der Waals surface area (Å²) in [6.07, 6.45) is 12.4. The lowest BCUT2D eigenvalue weighted by Crippen LogP contribution is -3.00. The minimum Gasteiger partial charge on any atom is -0.307 e. The first-order valence-corrected chi connectivity index (χ1v) is 7.23. The summed E-state index contributed by atoms with van der Waals surface area (Å²) in [5, 5.41) is 0. The lowest BCUT2D eigenvalue weighted by atomic mass is 10.2. The van der Waals surface area contributed by atoms with Crippen molar-refractivity contribution in [3.63, 3.8) is 0 Å². The summed E-state index contributed by atoms with van der Waals surface area (Å²) in [5.41, 5.74) is 3.73. The van der Waals surface area contributed by atoms with E-state index < -0.39 is 0 Å². The van der Waals surface area contributed by atoms with Gasteiger partial charge in [0, 0.05) is 0 Å². The molecule has 1 nitrogen and oxygen atoms in total. The van der Waals surface area contributed by atoms with Crippen molar-refractivity contribution in [3.8, 4) is 0 Å². The summed E-state index contributed by atoms with van der Waals surface area (Å²) in [6.45, 7) is 0. The van der Waals surface area contributed by atoms with E-state index in [2.05, 4.69) is 74.8 Å². The molecule has 0 heterocycles. The lowest BCUT2D eigenvalue weighted by Gasteiger charge is -2.05. The van der Waals surface area contributed by atoms with Crippen LogP contribution in [0.25, 0.3) is 12.2 Å². The smallest absolute Gasteiger partial charge is 0.130 e. The zero-order valence-corrected chi connectivity index (χ0v) is 12.7. The van der Waals surface area contributed by atoms with Gasteiger partial charge in [-0.05, 0) is 35.4 Å². The quantitative estimate of drug-likeness (QED) is 0.793. The number of allylic oxidation sites excluding steroid dienone is 4. The molecule has 0 amide bonds. The van der Waals surface area contributed by atoms with Gasteiger partial charge in [0.1, 0.15) is 5.69 Å². The van der Waals surface area contributed by atoms with E-state index in [-0.39, 0.29) is 0 Å². The molecule has 21 heavy (non-hydrogen) atoms. The van der Waals surface area contributed by atoms with Gasteiger partial charge >= 0.3 is 0 Å². The van der Waals surface area contributed by atoms with Crippen LogP contribution in [0.5, 0.6) is 0 Å². The molecule has 0 atom stereocenters. The number of benzene rings is 2. The highest BCUT2D eigenvalue weighted by atomic mass is 15.1. The second-order valence-electron chi connectivity index (χ2n) is 5.14. The highest BCUT2D eigenvalue weighted by molar-refractivity contribution is 5.54.